The van der Waals surface area contributed by atoms with Crippen molar-refractivity contribution in [3.05, 3.63) is 119 Å². The molecule has 1 unspecified atom stereocenters. The standard InChI is InChI=1S/C27H23N/c1-21(26-13-7-11-25-10-5-6-12-27(25)26)28-20-24-18-16-23(17-19-24)15-14-22-8-3-2-4-9-22/h2-13,16-19,21,28H,20H2,1H3. The molecule has 4 aromatic rings. The van der Waals surface area contributed by atoms with Gasteiger partial charge in [-0.15, -0.1) is 0 Å². The van der Waals surface area contributed by atoms with E-state index in [0.717, 1.165) is 17.7 Å². The Balaban J connectivity index is 1.42. The zero-order chi connectivity index (χ0) is 19.2. The first-order valence-electron chi connectivity index (χ1n) is 9.67. The molecular weight excluding hydrogens is 338 g/mol. The lowest BCUT2D eigenvalue weighted by Crippen LogP contribution is -2.18. The fourth-order valence-corrected chi connectivity index (χ4v) is 3.38. The van der Waals surface area contributed by atoms with Gasteiger partial charge in [-0.2, -0.15) is 0 Å². The van der Waals surface area contributed by atoms with E-state index in [0.29, 0.717) is 0 Å². The van der Waals surface area contributed by atoms with Crippen LogP contribution in [0.25, 0.3) is 10.8 Å². The predicted octanol–water partition coefficient (Wildman–Crippen LogP) is 6.09. The van der Waals surface area contributed by atoms with E-state index in [1.807, 2.05) is 30.3 Å². The summed E-state index contributed by atoms with van der Waals surface area (Å²) < 4.78 is 0. The van der Waals surface area contributed by atoms with Crippen LogP contribution < -0.4 is 5.32 Å². The molecule has 0 radical (unpaired) electrons. The lowest BCUT2D eigenvalue weighted by atomic mass is 9.99. The minimum Gasteiger partial charge on any atom is -0.306 e. The third-order valence-corrected chi connectivity index (χ3v) is 4.98. The van der Waals surface area contributed by atoms with Gasteiger partial charge in [0.1, 0.15) is 0 Å². The fraction of sp³-hybridized carbons (Fsp3) is 0.111. The number of benzene rings is 4. The molecule has 4 rings (SSSR count). The Morgan fingerprint density at radius 2 is 1.32 bits per heavy atom. The van der Waals surface area contributed by atoms with Crippen LogP contribution in [0.3, 0.4) is 0 Å². The van der Waals surface area contributed by atoms with Gasteiger partial charge in [-0.3, -0.25) is 0 Å². The maximum atomic E-state index is 3.65. The van der Waals surface area contributed by atoms with Crippen LogP contribution >= 0.6 is 0 Å². The maximum Gasteiger partial charge on any atom is 0.0301 e. The van der Waals surface area contributed by atoms with E-state index in [-0.39, 0.29) is 6.04 Å². The fourth-order valence-electron chi connectivity index (χ4n) is 3.38. The summed E-state index contributed by atoms with van der Waals surface area (Å²) in [7, 11) is 0. The lowest BCUT2D eigenvalue weighted by Gasteiger charge is -2.17. The second kappa shape index (κ2) is 8.57. The predicted molar refractivity (Wildman–Crippen MR) is 118 cm³/mol. The second-order valence-corrected chi connectivity index (χ2v) is 6.98. The number of fused-ring (bicyclic) bond motifs is 1. The second-order valence-electron chi connectivity index (χ2n) is 6.98. The van der Waals surface area contributed by atoms with E-state index >= 15 is 0 Å². The van der Waals surface area contributed by atoms with Gasteiger partial charge >= 0.3 is 0 Å². The molecule has 0 spiro atoms. The van der Waals surface area contributed by atoms with Gasteiger partial charge < -0.3 is 5.32 Å². The van der Waals surface area contributed by atoms with E-state index in [2.05, 4.69) is 90.8 Å². The highest BCUT2D eigenvalue weighted by Crippen LogP contribution is 2.24. The molecule has 0 heterocycles. The molecule has 0 saturated carbocycles. The van der Waals surface area contributed by atoms with Crippen molar-refractivity contribution in [1.29, 1.82) is 0 Å². The smallest absolute Gasteiger partial charge is 0.0301 e. The number of rotatable bonds is 4. The van der Waals surface area contributed by atoms with E-state index in [1.165, 1.54) is 21.9 Å². The normalized spacial score (nSPS) is 11.6. The molecule has 1 atom stereocenters. The van der Waals surface area contributed by atoms with Crippen LogP contribution in [0.4, 0.5) is 0 Å². The summed E-state index contributed by atoms with van der Waals surface area (Å²) in [6.07, 6.45) is 0. The Kier molecular flexibility index (Phi) is 5.52. The van der Waals surface area contributed by atoms with E-state index < -0.39 is 0 Å². The van der Waals surface area contributed by atoms with Gasteiger partial charge in [0.15, 0.2) is 0 Å². The van der Waals surface area contributed by atoms with E-state index in [9.17, 15) is 0 Å². The minimum atomic E-state index is 0.281. The van der Waals surface area contributed by atoms with Crippen LogP contribution in [0.15, 0.2) is 97.1 Å². The molecular formula is C27H23N. The van der Waals surface area contributed by atoms with Crippen molar-refractivity contribution in [2.75, 3.05) is 0 Å². The first-order chi connectivity index (χ1) is 13.8. The maximum absolute atomic E-state index is 3.65. The van der Waals surface area contributed by atoms with E-state index in [1.54, 1.807) is 0 Å². The highest BCUT2D eigenvalue weighted by atomic mass is 14.9. The highest BCUT2D eigenvalue weighted by Gasteiger charge is 2.08. The molecule has 0 aliphatic carbocycles. The number of hydrogen-bond donors (Lipinski definition) is 1. The monoisotopic (exact) mass is 361 g/mol. The summed E-state index contributed by atoms with van der Waals surface area (Å²) in [5.41, 5.74) is 4.67. The quantitative estimate of drug-likeness (QED) is 0.434. The third kappa shape index (κ3) is 4.31. The molecule has 1 N–H and O–H groups in total. The number of hydrogen-bond acceptors (Lipinski definition) is 1. The summed E-state index contributed by atoms with van der Waals surface area (Å²) in [4.78, 5) is 0. The number of nitrogens with one attached hydrogen (secondary N) is 1. The van der Waals surface area contributed by atoms with Crippen molar-refractivity contribution in [3.8, 4) is 11.8 Å². The van der Waals surface area contributed by atoms with Crippen molar-refractivity contribution >= 4 is 10.8 Å². The van der Waals surface area contributed by atoms with Crippen LogP contribution in [0.1, 0.15) is 35.2 Å². The van der Waals surface area contributed by atoms with Gasteiger partial charge in [0, 0.05) is 23.7 Å². The van der Waals surface area contributed by atoms with Crippen LogP contribution in [-0.2, 0) is 6.54 Å². The van der Waals surface area contributed by atoms with Crippen molar-refractivity contribution < 1.29 is 0 Å². The Morgan fingerprint density at radius 1 is 0.679 bits per heavy atom. The van der Waals surface area contributed by atoms with Crippen molar-refractivity contribution in [2.45, 2.75) is 19.5 Å². The van der Waals surface area contributed by atoms with Crippen LogP contribution in [0.2, 0.25) is 0 Å². The molecule has 0 aromatic heterocycles. The van der Waals surface area contributed by atoms with Crippen LogP contribution in [0, 0.1) is 11.8 Å². The molecule has 0 saturated heterocycles. The molecule has 0 bridgehead atoms. The summed E-state index contributed by atoms with van der Waals surface area (Å²) in [6.45, 7) is 3.05. The first kappa shape index (κ1) is 18.0. The van der Waals surface area contributed by atoms with Gasteiger partial charge in [0.2, 0.25) is 0 Å². The van der Waals surface area contributed by atoms with Gasteiger partial charge in [0.05, 0.1) is 0 Å². The highest BCUT2D eigenvalue weighted by molar-refractivity contribution is 5.86. The van der Waals surface area contributed by atoms with Gasteiger partial charge in [-0.25, -0.2) is 0 Å². The average molecular weight is 361 g/mol. The topological polar surface area (TPSA) is 12.0 Å². The van der Waals surface area contributed by atoms with Gasteiger partial charge in [-0.05, 0) is 53.1 Å². The SMILES string of the molecule is CC(NCc1ccc(C#Cc2ccccc2)cc1)c1cccc2ccccc12. The van der Waals surface area contributed by atoms with Crippen molar-refractivity contribution in [2.24, 2.45) is 0 Å². The third-order valence-electron chi connectivity index (χ3n) is 4.98. The van der Waals surface area contributed by atoms with Gasteiger partial charge in [-0.1, -0.05) is 84.6 Å². The first-order valence-corrected chi connectivity index (χ1v) is 9.67. The molecule has 0 fully saturated rings. The van der Waals surface area contributed by atoms with E-state index in [4.69, 9.17) is 0 Å². The molecule has 0 amide bonds. The molecule has 1 nitrogen and oxygen atoms in total. The summed E-state index contributed by atoms with van der Waals surface area (Å²) in [6, 6.07) is 33.9. The largest absolute Gasteiger partial charge is 0.306 e. The molecule has 4 aromatic carbocycles. The molecule has 28 heavy (non-hydrogen) atoms. The molecule has 0 aliphatic heterocycles. The van der Waals surface area contributed by atoms with Gasteiger partial charge in [0.25, 0.3) is 0 Å². The lowest BCUT2D eigenvalue weighted by molar-refractivity contribution is 0.578. The summed E-state index contributed by atoms with van der Waals surface area (Å²) >= 11 is 0. The van der Waals surface area contributed by atoms with Crippen molar-refractivity contribution in [1.82, 2.24) is 5.32 Å². The molecule has 1 heteroatoms. The van der Waals surface area contributed by atoms with Crippen LogP contribution in [-0.4, -0.2) is 0 Å². The Labute approximate surface area is 167 Å². The Bertz CT molecular complexity index is 1110. The zero-order valence-corrected chi connectivity index (χ0v) is 16.0. The summed E-state index contributed by atoms with van der Waals surface area (Å²) in [5, 5.41) is 6.25. The molecule has 0 aliphatic rings. The molecule has 136 valence electrons. The Hall–Kier alpha value is -3.34. The summed E-state index contributed by atoms with van der Waals surface area (Å²) in [5.74, 6) is 6.43. The minimum absolute atomic E-state index is 0.281. The Morgan fingerprint density at radius 3 is 2.11 bits per heavy atom. The average Bonchev–Trinajstić information content (AvgIpc) is 2.77. The zero-order valence-electron chi connectivity index (χ0n) is 16.0. The van der Waals surface area contributed by atoms with Crippen LogP contribution in [0.5, 0.6) is 0 Å². The van der Waals surface area contributed by atoms with Crippen molar-refractivity contribution in [3.63, 3.8) is 0 Å².